The molecule has 0 atom stereocenters. The van der Waals surface area contributed by atoms with Crippen LogP contribution in [0.25, 0.3) is 0 Å². The molecule has 7 heteroatoms. The molecule has 1 aromatic carbocycles. The van der Waals surface area contributed by atoms with Crippen molar-refractivity contribution in [1.29, 1.82) is 0 Å². The summed E-state index contributed by atoms with van der Waals surface area (Å²) in [4.78, 5) is 27.0. The Kier molecular flexibility index (Phi) is 6.46. The second-order valence-electron chi connectivity index (χ2n) is 7.34. The van der Waals surface area contributed by atoms with E-state index in [0.29, 0.717) is 12.2 Å². The van der Waals surface area contributed by atoms with E-state index < -0.39 is 0 Å². The number of methoxy groups -OCH3 is 1. The third-order valence-electron chi connectivity index (χ3n) is 5.11. The molecule has 0 spiro atoms. The molecule has 0 aliphatic carbocycles. The lowest BCUT2D eigenvalue weighted by Crippen LogP contribution is -2.34. The van der Waals surface area contributed by atoms with Gasteiger partial charge in [-0.15, -0.1) is 0 Å². The largest absolute Gasteiger partial charge is 0.491 e. The van der Waals surface area contributed by atoms with Crippen molar-refractivity contribution in [2.75, 3.05) is 25.5 Å². The summed E-state index contributed by atoms with van der Waals surface area (Å²) >= 11 is 0. The quantitative estimate of drug-likeness (QED) is 0.828. The molecule has 0 unspecified atom stereocenters. The lowest BCUT2D eigenvalue weighted by atomic mass is 9.99. The first kappa shape index (κ1) is 20.1. The Morgan fingerprint density at radius 1 is 1.25 bits per heavy atom. The number of rotatable bonds is 6. The van der Waals surface area contributed by atoms with E-state index in [9.17, 15) is 14.0 Å². The zero-order chi connectivity index (χ0) is 20.1. The van der Waals surface area contributed by atoms with Crippen molar-refractivity contribution >= 4 is 11.6 Å². The number of carbonyl (C=O) groups is 1. The van der Waals surface area contributed by atoms with Gasteiger partial charge in [-0.05, 0) is 56.1 Å². The first-order valence-corrected chi connectivity index (χ1v) is 9.49. The lowest BCUT2D eigenvalue weighted by molar-refractivity contribution is -0.116. The van der Waals surface area contributed by atoms with Gasteiger partial charge in [0.1, 0.15) is 12.4 Å². The number of anilines is 1. The summed E-state index contributed by atoms with van der Waals surface area (Å²) in [7, 11) is 1.44. The van der Waals surface area contributed by atoms with Gasteiger partial charge in [-0.1, -0.05) is 6.92 Å². The van der Waals surface area contributed by atoms with Gasteiger partial charge in [0, 0.05) is 24.0 Å². The molecule has 2 aromatic rings. The number of ether oxygens (including phenoxy) is 1. The molecule has 6 nitrogen and oxygen atoms in total. The summed E-state index contributed by atoms with van der Waals surface area (Å²) in [6.07, 6.45) is 3.84. The van der Waals surface area contributed by atoms with Gasteiger partial charge in [-0.2, -0.15) is 0 Å². The van der Waals surface area contributed by atoms with E-state index >= 15 is 0 Å². The molecule has 0 saturated carbocycles. The normalized spacial score (nSPS) is 15.4. The maximum atomic E-state index is 13.0. The number of halogens is 1. The van der Waals surface area contributed by atoms with Crippen LogP contribution in [0.5, 0.6) is 5.75 Å². The summed E-state index contributed by atoms with van der Waals surface area (Å²) in [5.41, 5.74) is 1.10. The molecule has 1 N–H and O–H groups in total. The van der Waals surface area contributed by atoms with Crippen LogP contribution >= 0.6 is 0 Å². The van der Waals surface area contributed by atoms with E-state index in [-0.39, 0.29) is 29.4 Å². The van der Waals surface area contributed by atoms with Crippen LogP contribution in [0.15, 0.2) is 41.3 Å². The first-order valence-electron chi connectivity index (χ1n) is 9.49. The second-order valence-corrected chi connectivity index (χ2v) is 7.34. The Labute approximate surface area is 163 Å². The van der Waals surface area contributed by atoms with Crippen molar-refractivity contribution in [3.63, 3.8) is 0 Å². The highest BCUT2D eigenvalue weighted by Crippen LogP contribution is 2.19. The molecule has 150 valence electrons. The van der Waals surface area contributed by atoms with Crippen molar-refractivity contribution in [3.8, 4) is 5.75 Å². The number of hydrogen-bond donors (Lipinski definition) is 1. The summed E-state index contributed by atoms with van der Waals surface area (Å²) in [5.74, 6) is 0.300. The maximum Gasteiger partial charge on any atom is 0.244 e. The number of pyridine rings is 1. The average molecular weight is 387 g/mol. The Morgan fingerprint density at radius 2 is 1.93 bits per heavy atom. The fourth-order valence-corrected chi connectivity index (χ4v) is 3.37. The highest BCUT2D eigenvalue weighted by Gasteiger charge is 2.18. The van der Waals surface area contributed by atoms with Gasteiger partial charge < -0.3 is 14.6 Å². The van der Waals surface area contributed by atoms with Crippen molar-refractivity contribution in [2.24, 2.45) is 5.92 Å². The number of benzene rings is 1. The van der Waals surface area contributed by atoms with Gasteiger partial charge in [-0.3, -0.25) is 14.5 Å². The van der Waals surface area contributed by atoms with Gasteiger partial charge in [0.2, 0.25) is 11.3 Å². The smallest absolute Gasteiger partial charge is 0.244 e. The van der Waals surface area contributed by atoms with E-state index in [4.69, 9.17) is 4.74 Å². The molecule has 2 heterocycles. The molecule has 1 aliphatic rings. The number of amides is 1. The average Bonchev–Trinajstić information content (AvgIpc) is 2.67. The summed E-state index contributed by atoms with van der Waals surface area (Å²) in [6, 6.07) is 7.15. The third kappa shape index (κ3) is 5.19. The number of hydrogen-bond acceptors (Lipinski definition) is 4. The van der Waals surface area contributed by atoms with Crippen molar-refractivity contribution in [3.05, 3.63) is 58.3 Å². The predicted octanol–water partition coefficient (Wildman–Crippen LogP) is 2.87. The number of nitrogens with one attached hydrogen (secondary N) is 1. The molecule has 0 bridgehead atoms. The molecule has 1 amide bonds. The molecule has 3 rings (SSSR count). The van der Waals surface area contributed by atoms with E-state index in [0.717, 1.165) is 37.5 Å². The zero-order valence-electron chi connectivity index (χ0n) is 16.3. The standard InChI is InChI=1S/C21H26FN3O3/c1-15-7-9-24(10-8-15)12-18-11-19(26)20(28-2)13-25(18)14-21(27)23-17-5-3-16(22)4-6-17/h3-6,11,13,15H,7-10,12,14H2,1-2H3,(H,23,27). The Morgan fingerprint density at radius 3 is 2.57 bits per heavy atom. The fourth-order valence-electron chi connectivity index (χ4n) is 3.37. The molecular formula is C21H26FN3O3. The minimum absolute atomic E-state index is 0.0353. The zero-order valence-corrected chi connectivity index (χ0v) is 16.3. The molecule has 28 heavy (non-hydrogen) atoms. The summed E-state index contributed by atoms with van der Waals surface area (Å²) in [6.45, 7) is 4.84. The highest BCUT2D eigenvalue weighted by atomic mass is 19.1. The predicted molar refractivity (Wildman–Crippen MR) is 106 cm³/mol. The van der Waals surface area contributed by atoms with Crippen LogP contribution in [-0.2, 0) is 17.9 Å². The van der Waals surface area contributed by atoms with E-state index in [1.165, 1.54) is 31.4 Å². The SMILES string of the molecule is COc1cn(CC(=O)Nc2ccc(F)cc2)c(CN2CCC(C)CC2)cc1=O. The number of nitrogens with zero attached hydrogens (tertiary/aromatic N) is 2. The summed E-state index contributed by atoms with van der Waals surface area (Å²) < 4.78 is 19.9. The highest BCUT2D eigenvalue weighted by molar-refractivity contribution is 5.90. The van der Waals surface area contributed by atoms with E-state index in [1.54, 1.807) is 16.8 Å². The van der Waals surface area contributed by atoms with Crippen LogP contribution in [0.3, 0.4) is 0 Å². The van der Waals surface area contributed by atoms with Gasteiger partial charge >= 0.3 is 0 Å². The maximum absolute atomic E-state index is 13.0. The lowest BCUT2D eigenvalue weighted by Gasteiger charge is -2.31. The van der Waals surface area contributed by atoms with Crippen LogP contribution in [0.4, 0.5) is 10.1 Å². The van der Waals surface area contributed by atoms with Crippen LogP contribution in [0, 0.1) is 11.7 Å². The molecule has 0 radical (unpaired) electrons. The number of aromatic nitrogens is 1. The minimum Gasteiger partial charge on any atom is -0.491 e. The Balaban J connectivity index is 1.76. The van der Waals surface area contributed by atoms with Crippen LogP contribution in [-0.4, -0.2) is 35.6 Å². The third-order valence-corrected chi connectivity index (χ3v) is 5.11. The van der Waals surface area contributed by atoms with Crippen LogP contribution in [0.1, 0.15) is 25.5 Å². The minimum atomic E-state index is -0.360. The van der Waals surface area contributed by atoms with Gasteiger partial charge in [0.05, 0.1) is 13.3 Å². The second kappa shape index (κ2) is 9.01. The van der Waals surface area contributed by atoms with Gasteiger partial charge in [0.25, 0.3) is 0 Å². The van der Waals surface area contributed by atoms with Crippen LogP contribution in [0.2, 0.25) is 0 Å². The molecule has 1 aliphatic heterocycles. The Hall–Kier alpha value is -2.67. The van der Waals surface area contributed by atoms with Crippen molar-refractivity contribution < 1.29 is 13.9 Å². The van der Waals surface area contributed by atoms with Gasteiger partial charge in [-0.25, -0.2) is 4.39 Å². The first-order chi connectivity index (χ1) is 13.4. The number of carbonyl (C=O) groups excluding carboxylic acids is 1. The van der Waals surface area contributed by atoms with E-state index in [1.807, 2.05) is 0 Å². The summed E-state index contributed by atoms with van der Waals surface area (Å²) in [5, 5.41) is 2.75. The van der Waals surface area contributed by atoms with Crippen molar-refractivity contribution in [2.45, 2.75) is 32.9 Å². The van der Waals surface area contributed by atoms with Gasteiger partial charge in [0.15, 0.2) is 5.75 Å². The fraction of sp³-hybridized carbons (Fsp3) is 0.429. The van der Waals surface area contributed by atoms with E-state index in [2.05, 4.69) is 17.1 Å². The van der Waals surface area contributed by atoms with Crippen molar-refractivity contribution in [1.82, 2.24) is 9.47 Å². The molecule has 1 fully saturated rings. The van der Waals surface area contributed by atoms with Crippen LogP contribution < -0.4 is 15.5 Å². The topological polar surface area (TPSA) is 63.6 Å². The monoisotopic (exact) mass is 387 g/mol. The number of piperidine rings is 1. The molecule has 1 aromatic heterocycles. The number of likely N-dealkylation sites (tertiary alicyclic amines) is 1. The Bertz CT molecular complexity index is 871. The molecular weight excluding hydrogens is 361 g/mol. The molecule has 1 saturated heterocycles.